The molecular weight excluding hydrogens is 355 g/mol. The van der Waals surface area contributed by atoms with Gasteiger partial charge >= 0.3 is 0 Å². The topological polar surface area (TPSA) is 75.3 Å². The number of halogens is 2. The molecule has 0 unspecified atom stereocenters. The van der Waals surface area contributed by atoms with Crippen molar-refractivity contribution in [3.8, 4) is 0 Å². The van der Waals surface area contributed by atoms with E-state index in [0.717, 1.165) is 6.07 Å². The molecule has 24 heavy (non-hydrogen) atoms. The molecule has 0 fully saturated rings. The van der Waals surface area contributed by atoms with Crippen LogP contribution in [0, 0.1) is 5.82 Å². The number of nitrogens with one attached hydrogen (secondary N) is 2. The molecule has 8 heteroatoms. The molecule has 2 N–H and O–H groups in total. The van der Waals surface area contributed by atoms with Gasteiger partial charge in [-0.05, 0) is 44.2 Å². The third kappa shape index (κ3) is 4.31. The van der Waals surface area contributed by atoms with E-state index < -0.39 is 21.7 Å². The average Bonchev–Trinajstić information content (AvgIpc) is 2.48. The van der Waals surface area contributed by atoms with Crippen molar-refractivity contribution in [2.24, 2.45) is 0 Å². The van der Waals surface area contributed by atoms with Crippen LogP contribution in [0.25, 0.3) is 0 Å². The van der Waals surface area contributed by atoms with Gasteiger partial charge in [-0.25, -0.2) is 17.5 Å². The van der Waals surface area contributed by atoms with Crippen molar-refractivity contribution in [2.45, 2.75) is 24.8 Å². The van der Waals surface area contributed by atoms with Crippen LogP contribution in [0.5, 0.6) is 0 Å². The molecule has 0 aromatic heterocycles. The van der Waals surface area contributed by atoms with Gasteiger partial charge in [0.25, 0.3) is 5.91 Å². The fraction of sp³-hybridized carbons (Fsp3) is 0.188. The summed E-state index contributed by atoms with van der Waals surface area (Å²) < 4.78 is 40.5. The number of rotatable bonds is 5. The fourth-order valence-electron chi connectivity index (χ4n) is 1.98. The summed E-state index contributed by atoms with van der Waals surface area (Å²) in [6.45, 7) is 3.32. The van der Waals surface area contributed by atoms with E-state index in [0.29, 0.717) is 0 Å². The van der Waals surface area contributed by atoms with E-state index in [4.69, 9.17) is 11.6 Å². The molecule has 0 spiro atoms. The van der Waals surface area contributed by atoms with Crippen LogP contribution in [0.2, 0.25) is 5.02 Å². The van der Waals surface area contributed by atoms with Gasteiger partial charge in [-0.15, -0.1) is 0 Å². The number of carbonyl (C=O) groups is 1. The number of amides is 1. The Morgan fingerprint density at radius 2 is 1.83 bits per heavy atom. The Morgan fingerprint density at radius 1 is 1.17 bits per heavy atom. The molecule has 0 saturated carbocycles. The second-order valence-electron chi connectivity index (χ2n) is 5.35. The molecule has 0 aliphatic carbocycles. The first-order valence-corrected chi connectivity index (χ1v) is 8.94. The van der Waals surface area contributed by atoms with E-state index in [2.05, 4.69) is 10.0 Å². The van der Waals surface area contributed by atoms with Crippen LogP contribution in [0.15, 0.2) is 47.4 Å². The van der Waals surface area contributed by atoms with Crippen molar-refractivity contribution < 1.29 is 17.6 Å². The molecule has 0 bridgehead atoms. The molecule has 128 valence electrons. The Labute approximate surface area is 144 Å². The van der Waals surface area contributed by atoms with Crippen LogP contribution in [0.1, 0.15) is 24.2 Å². The summed E-state index contributed by atoms with van der Waals surface area (Å²) in [5.74, 6) is -1.45. The average molecular weight is 371 g/mol. The highest BCUT2D eigenvalue weighted by molar-refractivity contribution is 7.89. The van der Waals surface area contributed by atoms with E-state index in [1.165, 1.54) is 18.2 Å². The smallest absolute Gasteiger partial charge is 0.257 e. The third-order valence-corrected chi connectivity index (χ3v) is 4.99. The van der Waals surface area contributed by atoms with Gasteiger partial charge in [-0.3, -0.25) is 4.79 Å². The van der Waals surface area contributed by atoms with Crippen LogP contribution < -0.4 is 10.0 Å². The summed E-state index contributed by atoms with van der Waals surface area (Å²) in [7, 11) is -3.81. The zero-order valence-corrected chi connectivity index (χ0v) is 14.6. The molecule has 5 nitrogen and oxygen atoms in total. The first kappa shape index (κ1) is 18.4. The zero-order valence-electron chi connectivity index (χ0n) is 13.0. The standard InChI is InChI=1S/C16H16ClFN2O3S/c1-10(2)20-24(22,23)11-7-8-15(14(18)9-11)19-16(21)12-5-3-4-6-13(12)17/h3-10,20H,1-2H3,(H,19,21). The maximum Gasteiger partial charge on any atom is 0.257 e. The quantitative estimate of drug-likeness (QED) is 0.846. The predicted molar refractivity (Wildman–Crippen MR) is 91.3 cm³/mol. The molecule has 2 aromatic rings. The van der Waals surface area contributed by atoms with Crippen LogP contribution in [-0.4, -0.2) is 20.4 Å². The largest absolute Gasteiger partial charge is 0.319 e. The first-order chi connectivity index (χ1) is 11.2. The lowest BCUT2D eigenvalue weighted by Gasteiger charge is -2.12. The minimum absolute atomic E-state index is 0.136. The zero-order chi connectivity index (χ0) is 17.9. The van der Waals surface area contributed by atoms with Crippen molar-refractivity contribution in [2.75, 3.05) is 5.32 Å². The summed E-state index contributed by atoms with van der Waals surface area (Å²) in [6, 6.07) is 9.28. The SMILES string of the molecule is CC(C)NS(=O)(=O)c1ccc(NC(=O)c2ccccc2Cl)c(F)c1. The fourth-order valence-corrected chi connectivity index (χ4v) is 3.46. The van der Waals surface area contributed by atoms with E-state index in [9.17, 15) is 17.6 Å². The molecule has 0 saturated heterocycles. The molecule has 0 atom stereocenters. The number of hydrogen-bond donors (Lipinski definition) is 2. The monoisotopic (exact) mass is 370 g/mol. The van der Waals surface area contributed by atoms with Gasteiger partial charge in [0.2, 0.25) is 10.0 Å². The van der Waals surface area contributed by atoms with Crippen molar-refractivity contribution in [3.05, 3.63) is 58.9 Å². The molecule has 2 aromatic carbocycles. The van der Waals surface area contributed by atoms with Gasteiger partial charge in [0.15, 0.2) is 0 Å². The molecule has 0 heterocycles. The van der Waals surface area contributed by atoms with E-state index in [-0.39, 0.29) is 27.2 Å². The normalized spacial score (nSPS) is 11.5. The lowest BCUT2D eigenvalue weighted by molar-refractivity contribution is 0.102. The van der Waals surface area contributed by atoms with E-state index in [1.54, 1.807) is 32.0 Å². The summed E-state index contributed by atoms with van der Waals surface area (Å²) in [5.41, 5.74) is 0.0557. The van der Waals surface area contributed by atoms with Crippen LogP contribution >= 0.6 is 11.6 Å². The van der Waals surface area contributed by atoms with Gasteiger partial charge in [-0.2, -0.15) is 0 Å². The molecule has 1 amide bonds. The Morgan fingerprint density at radius 3 is 2.42 bits per heavy atom. The molecule has 0 radical (unpaired) electrons. The Hall–Kier alpha value is -1.96. The Bertz CT molecular complexity index is 869. The van der Waals surface area contributed by atoms with Crippen molar-refractivity contribution >= 4 is 33.2 Å². The minimum Gasteiger partial charge on any atom is -0.319 e. The van der Waals surface area contributed by atoms with Gasteiger partial charge in [0.1, 0.15) is 5.82 Å². The van der Waals surface area contributed by atoms with Crippen molar-refractivity contribution in [1.29, 1.82) is 0 Å². The highest BCUT2D eigenvalue weighted by Gasteiger charge is 2.18. The number of anilines is 1. The Kier molecular flexibility index (Phi) is 5.58. The summed E-state index contributed by atoms with van der Waals surface area (Å²) in [5, 5.41) is 2.61. The molecular formula is C16H16ClFN2O3S. The number of benzene rings is 2. The highest BCUT2D eigenvalue weighted by Crippen LogP contribution is 2.21. The van der Waals surface area contributed by atoms with Crippen molar-refractivity contribution in [3.63, 3.8) is 0 Å². The second-order valence-corrected chi connectivity index (χ2v) is 7.47. The van der Waals surface area contributed by atoms with Crippen LogP contribution in [0.4, 0.5) is 10.1 Å². The summed E-state index contributed by atoms with van der Waals surface area (Å²) >= 11 is 5.92. The van der Waals surface area contributed by atoms with Gasteiger partial charge in [-0.1, -0.05) is 23.7 Å². The molecule has 2 rings (SSSR count). The molecule has 0 aliphatic heterocycles. The lowest BCUT2D eigenvalue weighted by Crippen LogP contribution is -2.30. The van der Waals surface area contributed by atoms with Crippen LogP contribution in [0.3, 0.4) is 0 Å². The van der Waals surface area contributed by atoms with E-state index in [1.807, 2.05) is 0 Å². The number of sulfonamides is 1. The van der Waals surface area contributed by atoms with E-state index >= 15 is 0 Å². The van der Waals surface area contributed by atoms with Gasteiger partial charge in [0.05, 0.1) is 21.2 Å². The van der Waals surface area contributed by atoms with Gasteiger partial charge < -0.3 is 5.32 Å². The lowest BCUT2D eigenvalue weighted by atomic mass is 10.2. The number of carbonyl (C=O) groups excluding carboxylic acids is 1. The molecule has 0 aliphatic rings. The minimum atomic E-state index is -3.81. The Balaban J connectivity index is 2.25. The summed E-state index contributed by atoms with van der Waals surface area (Å²) in [6.07, 6.45) is 0. The summed E-state index contributed by atoms with van der Waals surface area (Å²) in [4.78, 5) is 11.9. The van der Waals surface area contributed by atoms with Crippen LogP contribution in [-0.2, 0) is 10.0 Å². The predicted octanol–water partition coefficient (Wildman–Crippen LogP) is 3.42. The van der Waals surface area contributed by atoms with Gasteiger partial charge in [0, 0.05) is 6.04 Å². The highest BCUT2D eigenvalue weighted by atomic mass is 35.5. The number of hydrogen-bond acceptors (Lipinski definition) is 3. The first-order valence-electron chi connectivity index (χ1n) is 7.08. The van der Waals surface area contributed by atoms with Crippen molar-refractivity contribution in [1.82, 2.24) is 4.72 Å². The third-order valence-electron chi connectivity index (χ3n) is 3.01. The maximum absolute atomic E-state index is 14.2. The second kappa shape index (κ2) is 7.29. The maximum atomic E-state index is 14.2.